The lowest BCUT2D eigenvalue weighted by Gasteiger charge is -2.07. The van der Waals surface area contributed by atoms with Crippen molar-refractivity contribution in [3.63, 3.8) is 0 Å². The lowest BCUT2D eigenvalue weighted by atomic mass is 10.3. The molecule has 0 aliphatic carbocycles. The number of hydrogen-bond donors (Lipinski definition) is 1. The maximum Gasteiger partial charge on any atom is 0.333 e. The van der Waals surface area contributed by atoms with Gasteiger partial charge in [0, 0.05) is 12.7 Å². The third kappa shape index (κ3) is 2.73. The minimum absolute atomic E-state index is 0.00641. The number of aryl methyl sites for hydroxylation is 3. The predicted octanol–water partition coefficient (Wildman–Crippen LogP) is 1.83. The van der Waals surface area contributed by atoms with Crippen molar-refractivity contribution in [1.82, 2.24) is 19.7 Å². The molecule has 0 saturated heterocycles. The molecular weight excluding hydrogens is 260 g/mol. The van der Waals surface area contributed by atoms with Gasteiger partial charge in [0.15, 0.2) is 0 Å². The molecule has 2 rings (SSSR count). The van der Waals surface area contributed by atoms with Gasteiger partial charge in [0.2, 0.25) is 5.82 Å². The molecule has 0 aliphatic heterocycles. The van der Waals surface area contributed by atoms with Crippen LogP contribution in [-0.2, 0) is 13.1 Å². The molecule has 0 spiro atoms. The van der Waals surface area contributed by atoms with Gasteiger partial charge in [-0.15, -0.1) is 0 Å². The third-order valence-electron chi connectivity index (χ3n) is 2.85. The zero-order chi connectivity index (χ0) is 14.7. The summed E-state index contributed by atoms with van der Waals surface area (Å²) in [6.45, 7) is 6.27. The van der Waals surface area contributed by atoms with Crippen LogP contribution < -0.4 is 5.32 Å². The van der Waals surface area contributed by atoms with E-state index in [1.165, 1.54) is 0 Å². The van der Waals surface area contributed by atoms with Crippen LogP contribution in [0.4, 0.5) is 11.5 Å². The summed E-state index contributed by atoms with van der Waals surface area (Å²) >= 11 is 0. The Morgan fingerprint density at radius 2 is 2.10 bits per heavy atom. The monoisotopic (exact) mass is 276 g/mol. The zero-order valence-corrected chi connectivity index (χ0v) is 11.6. The lowest BCUT2D eigenvalue weighted by Crippen LogP contribution is -2.09. The zero-order valence-electron chi connectivity index (χ0n) is 11.6. The van der Waals surface area contributed by atoms with Crippen LogP contribution in [0.2, 0.25) is 0 Å². The smallest absolute Gasteiger partial charge is 0.333 e. The Bertz CT molecular complexity index is 620. The molecule has 8 heteroatoms. The summed E-state index contributed by atoms with van der Waals surface area (Å²) < 4.78 is 1.58. The van der Waals surface area contributed by atoms with Gasteiger partial charge in [-0.05, 0) is 20.8 Å². The second-order valence-electron chi connectivity index (χ2n) is 4.36. The van der Waals surface area contributed by atoms with Crippen molar-refractivity contribution in [2.75, 3.05) is 5.32 Å². The lowest BCUT2D eigenvalue weighted by molar-refractivity contribution is -0.384. The van der Waals surface area contributed by atoms with E-state index in [9.17, 15) is 10.1 Å². The Hall–Kier alpha value is -2.51. The first-order valence-corrected chi connectivity index (χ1v) is 6.26. The van der Waals surface area contributed by atoms with E-state index in [2.05, 4.69) is 20.4 Å². The van der Waals surface area contributed by atoms with Crippen molar-refractivity contribution in [2.45, 2.75) is 33.9 Å². The number of nitrogens with zero attached hydrogens (tertiary/aromatic N) is 5. The number of aromatic nitrogens is 4. The van der Waals surface area contributed by atoms with Crippen LogP contribution in [0.1, 0.15) is 24.0 Å². The molecule has 0 aliphatic rings. The summed E-state index contributed by atoms with van der Waals surface area (Å²) in [5.74, 6) is 0.400. The first-order valence-electron chi connectivity index (χ1n) is 6.26. The van der Waals surface area contributed by atoms with Crippen molar-refractivity contribution >= 4 is 11.5 Å². The Morgan fingerprint density at radius 1 is 1.35 bits per heavy atom. The van der Waals surface area contributed by atoms with Gasteiger partial charge >= 0.3 is 5.69 Å². The first-order chi connectivity index (χ1) is 9.52. The molecule has 2 heterocycles. The first kappa shape index (κ1) is 13.9. The standard InChI is InChI=1S/C12H16N6O2/c1-4-17-12(11(18(19)20)9(3)16-17)15-7-10-6-13-8(2)5-14-10/h5-6,15H,4,7H2,1-3H3. The van der Waals surface area contributed by atoms with Crippen LogP contribution in [0.25, 0.3) is 0 Å². The molecule has 0 amide bonds. The van der Waals surface area contributed by atoms with Crippen LogP contribution in [-0.4, -0.2) is 24.7 Å². The summed E-state index contributed by atoms with van der Waals surface area (Å²) in [6, 6.07) is 0. The van der Waals surface area contributed by atoms with E-state index in [0.29, 0.717) is 30.3 Å². The van der Waals surface area contributed by atoms with E-state index in [-0.39, 0.29) is 5.69 Å². The highest BCUT2D eigenvalue weighted by molar-refractivity contribution is 5.59. The molecule has 0 fully saturated rings. The average Bonchev–Trinajstić information content (AvgIpc) is 2.74. The maximum absolute atomic E-state index is 11.1. The number of nitro groups is 1. The summed E-state index contributed by atoms with van der Waals surface area (Å²) in [5, 5.41) is 18.3. The van der Waals surface area contributed by atoms with E-state index in [0.717, 1.165) is 5.69 Å². The second-order valence-corrected chi connectivity index (χ2v) is 4.36. The number of rotatable bonds is 5. The van der Waals surface area contributed by atoms with E-state index < -0.39 is 4.92 Å². The maximum atomic E-state index is 11.1. The van der Waals surface area contributed by atoms with E-state index in [4.69, 9.17) is 0 Å². The normalized spacial score (nSPS) is 10.6. The summed E-state index contributed by atoms with van der Waals surface area (Å²) in [7, 11) is 0. The van der Waals surface area contributed by atoms with Gasteiger partial charge in [0.25, 0.3) is 0 Å². The molecule has 106 valence electrons. The predicted molar refractivity (Wildman–Crippen MR) is 73.4 cm³/mol. The SMILES string of the molecule is CCn1nc(C)c([N+](=O)[O-])c1NCc1cnc(C)cn1. The minimum Gasteiger partial charge on any atom is -0.359 e. The Balaban J connectivity index is 2.24. The molecule has 20 heavy (non-hydrogen) atoms. The van der Waals surface area contributed by atoms with Crippen LogP contribution in [0.15, 0.2) is 12.4 Å². The molecule has 2 aromatic heterocycles. The molecule has 0 saturated carbocycles. The van der Waals surface area contributed by atoms with E-state index in [1.807, 2.05) is 13.8 Å². The average molecular weight is 276 g/mol. The second kappa shape index (κ2) is 5.64. The third-order valence-corrected chi connectivity index (χ3v) is 2.85. The van der Waals surface area contributed by atoms with Crippen molar-refractivity contribution in [3.05, 3.63) is 39.6 Å². The van der Waals surface area contributed by atoms with Crippen LogP contribution >= 0.6 is 0 Å². The number of nitrogens with one attached hydrogen (secondary N) is 1. The van der Waals surface area contributed by atoms with Gasteiger partial charge in [-0.3, -0.25) is 20.1 Å². The topological polar surface area (TPSA) is 98.8 Å². The number of anilines is 1. The van der Waals surface area contributed by atoms with Gasteiger partial charge in [0.05, 0.1) is 29.1 Å². The molecule has 0 atom stereocenters. The van der Waals surface area contributed by atoms with Gasteiger partial charge in [-0.2, -0.15) is 5.10 Å². The van der Waals surface area contributed by atoms with Crippen molar-refractivity contribution < 1.29 is 4.92 Å². The summed E-state index contributed by atoms with van der Waals surface area (Å²) in [5.41, 5.74) is 1.95. The van der Waals surface area contributed by atoms with Crippen molar-refractivity contribution in [1.29, 1.82) is 0 Å². The largest absolute Gasteiger partial charge is 0.359 e. The number of hydrogen-bond acceptors (Lipinski definition) is 6. The van der Waals surface area contributed by atoms with Crippen LogP contribution in [0.3, 0.4) is 0 Å². The van der Waals surface area contributed by atoms with Gasteiger partial charge < -0.3 is 5.32 Å². The fourth-order valence-corrected chi connectivity index (χ4v) is 1.88. The molecular formula is C12H16N6O2. The van der Waals surface area contributed by atoms with Gasteiger partial charge in [-0.1, -0.05) is 0 Å². The Morgan fingerprint density at radius 3 is 2.65 bits per heavy atom. The molecule has 8 nitrogen and oxygen atoms in total. The van der Waals surface area contributed by atoms with Crippen LogP contribution in [0.5, 0.6) is 0 Å². The molecule has 0 bridgehead atoms. The molecule has 0 radical (unpaired) electrons. The minimum atomic E-state index is -0.419. The molecule has 0 aromatic carbocycles. The summed E-state index contributed by atoms with van der Waals surface area (Å²) in [6.07, 6.45) is 3.31. The highest BCUT2D eigenvalue weighted by Crippen LogP contribution is 2.28. The van der Waals surface area contributed by atoms with Crippen molar-refractivity contribution in [3.8, 4) is 0 Å². The fourth-order valence-electron chi connectivity index (χ4n) is 1.88. The molecule has 2 aromatic rings. The highest BCUT2D eigenvalue weighted by atomic mass is 16.6. The highest BCUT2D eigenvalue weighted by Gasteiger charge is 2.24. The summed E-state index contributed by atoms with van der Waals surface area (Å²) in [4.78, 5) is 19.0. The van der Waals surface area contributed by atoms with E-state index in [1.54, 1.807) is 24.0 Å². The van der Waals surface area contributed by atoms with Gasteiger partial charge in [0.1, 0.15) is 5.69 Å². The Labute approximate surface area is 116 Å². The van der Waals surface area contributed by atoms with Crippen molar-refractivity contribution in [2.24, 2.45) is 0 Å². The molecule has 1 N–H and O–H groups in total. The Kier molecular flexibility index (Phi) is 3.92. The quantitative estimate of drug-likeness (QED) is 0.660. The molecule has 0 unspecified atom stereocenters. The fraction of sp³-hybridized carbons (Fsp3) is 0.417. The van der Waals surface area contributed by atoms with Gasteiger partial charge in [-0.25, -0.2) is 4.68 Å². The van der Waals surface area contributed by atoms with E-state index >= 15 is 0 Å². The van der Waals surface area contributed by atoms with Crippen LogP contribution in [0, 0.1) is 24.0 Å².